The zero-order valence-corrected chi connectivity index (χ0v) is 8.59. The molecule has 0 spiro atoms. The molecule has 0 radical (unpaired) electrons. The van der Waals surface area contributed by atoms with E-state index in [1.165, 1.54) is 0 Å². The van der Waals surface area contributed by atoms with Gasteiger partial charge < -0.3 is 10.2 Å². The van der Waals surface area contributed by atoms with Crippen molar-refractivity contribution in [3.8, 4) is 0 Å². The van der Waals surface area contributed by atoms with E-state index in [0.717, 1.165) is 13.1 Å². The van der Waals surface area contributed by atoms with E-state index < -0.39 is 5.67 Å². The van der Waals surface area contributed by atoms with Crippen molar-refractivity contribution in [3.63, 3.8) is 0 Å². The van der Waals surface area contributed by atoms with Gasteiger partial charge in [-0.15, -0.1) is 12.4 Å². The van der Waals surface area contributed by atoms with Gasteiger partial charge in [-0.3, -0.25) is 0 Å². The van der Waals surface area contributed by atoms with Gasteiger partial charge in [0.1, 0.15) is 5.67 Å². The highest BCUT2D eigenvalue weighted by Gasteiger charge is 2.31. The Morgan fingerprint density at radius 2 is 1.83 bits per heavy atom. The number of nitrogens with zero attached hydrogens (tertiary/aromatic N) is 1. The molecule has 0 unspecified atom stereocenters. The minimum atomic E-state index is -0.936. The van der Waals surface area contributed by atoms with Gasteiger partial charge in [0.2, 0.25) is 0 Å². The number of rotatable bonds is 2. The first-order valence-electron chi connectivity index (χ1n) is 4.17. The van der Waals surface area contributed by atoms with Crippen LogP contribution in [0.5, 0.6) is 0 Å². The van der Waals surface area contributed by atoms with E-state index in [1.54, 1.807) is 0 Å². The summed E-state index contributed by atoms with van der Waals surface area (Å²) in [5.74, 6) is 0. The highest BCUT2D eigenvalue weighted by molar-refractivity contribution is 5.85. The minimum absolute atomic E-state index is 0. The van der Waals surface area contributed by atoms with Crippen LogP contribution >= 0.6 is 12.4 Å². The molecule has 0 aromatic carbocycles. The van der Waals surface area contributed by atoms with Gasteiger partial charge in [-0.2, -0.15) is 0 Å². The van der Waals surface area contributed by atoms with Gasteiger partial charge in [0.05, 0.1) is 0 Å². The molecule has 1 rings (SSSR count). The highest BCUT2D eigenvalue weighted by atomic mass is 35.5. The smallest absolute Gasteiger partial charge is 0.126 e. The Balaban J connectivity index is 0.00000121. The van der Waals surface area contributed by atoms with Crippen molar-refractivity contribution < 1.29 is 4.39 Å². The van der Waals surface area contributed by atoms with Crippen LogP contribution in [-0.4, -0.2) is 44.3 Å². The van der Waals surface area contributed by atoms with E-state index in [4.69, 9.17) is 0 Å². The third-order valence-corrected chi connectivity index (χ3v) is 2.10. The normalized spacial score (nSPS) is 22.0. The fraction of sp³-hybridized carbons (Fsp3) is 1.00. The standard InChI is InChI=1S/C8H17FN2.ClH/c1-11(2)7-8(9)3-5-10-6-4-8;/h10H,3-7H2,1-2H3;1H. The highest BCUT2D eigenvalue weighted by Crippen LogP contribution is 2.23. The fourth-order valence-corrected chi connectivity index (χ4v) is 1.60. The molecule has 0 atom stereocenters. The molecule has 0 aliphatic carbocycles. The summed E-state index contributed by atoms with van der Waals surface area (Å²) in [7, 11) is 3.84. The van der Waals surface area contributed by atoms with Crippen molar-refractivity contribution in [3.05, 3.63) is 0 Å². The van der Waals surface area contributed by atoms with Crippen LogP contribution in [0.4, 0.5) is 4.39 Å². The SMILES string of the molecule is CN(C)CC1(F)CCNCC1.Cl. The third kappa shape index (κ3) is 3.70. The quantitative estimate of drug-likeness (QED) is 0.711. The van der Waals surface area contributed by atoms with E-state index in [2.05, 4.69) is 5.32 Å². The molecular formula is C8H18ClFN2. The van der Waals surface area contributed by atoms with Crippen LogP contribution in [0.25, 0.3) is 0 Å². The Hall–Kier alpha value is 0.140. The van der Waals surface area contributed by atoms with Crippen molar-refractivity contribution in [2.24, 2.45) is 0 Å². The summed E-state index contributed by atoms with van der Waals surface area (Å²) in [5.41, 5.74) is -0.936. The van der Waals surface area contributed by atoms with Gasteiger partial charge in [0, 0.05) is 6.54 Å². The van der Waals surface area contributed by atoms with Crippen LogP contribution in [0.1, 0.15) is 12.8 Å². The van der Waals surface area contributed by atoms with Gasteiger partial charge in [-0.05, 0) is 40.0 Å². The molecule has 12 heavy (non-hydrogen) atoms. The minimum Gasteiger partial charge on any atom is -0.316 e. The maximum absolute atomic E-state index is 13.7. The van der Waals surface area contributed by atoms with E-state index in [1.807, 2.05) is 19.0 Å². The summed E-state index contributed by atoms with van der Waals surface area (Å²) >= 11 is 0. The van der Waals surface area contributed by atoms with Crippen LogP contribution in [0, 0.1) is 0 Å². The second-order valence-corrected chi connectivity index (χ2v) is 3.64. The van der Waals surface area contributed by atoms with Crippen LogP contribution in [-0.2, 0) is 0 Å². The average Bonchev–Trinajstić information content (AvgIpc) is 1.85. The first kappa shape index (κ1) is 12.1. The van der Waals surface area contributed by atoms with Crippen molar-refractivity contribution in [1.29, 1.82) is 0 Å². The molecule has 2 nitrogen and oxygen atoms in total. The first-order valence-corrected chi connectivity index (χ1v) is 4.17. The molecule has 0 aromatic rings. The van der Waals surface area contributed by atoms with Gasteiger partial charge in [-0.1, -0.05) is 0 Å². The molecule has 0 amide bonds. The lowest BCUT2D eigenvalue weighted by Crippen LogP contribution is -2.44. The fourth-order valence-electron chi connectivity index (χ4n) is 1.60. The zero-order chi connectivity index (χ0) is 8.32. The summed E-state index contributed by atoms with van der Waals surface area (Å²) in [6, 6.07) is 0. The topological polar surface area (TPSA) is 15.3 Å². The van der Waals surface area contributed by atoms with Gasteiger partial charge in [0.25, 0.3) is 0 Å². The lowest BCUT2D eigenvalue weighted by molar-refractivity contribution is 0.0809. The Morgan fingerprint density at radius 3 is 2.25 bits per heavy atom. The van der Waals surface area contributed by atoms with Crippen LogP contribution < -0.4 is 5.32 Å². The second kappa shape index (κ2) is 5.00. The predicted octanol–water partition coefficient (Wildman–Crippen LogP) is 1.06. The number of piperidine rings is 1. The van der Waals surface area contributed by atoms with Crippen LogP contribution in [0.3, 0.4) is 0 Å². The van der Waals surface area contributed by atoms with Crippen molar-refractivity contribution in [1.82, 2.24) is 10.2 Å². The zero-order valence-electron chi connectivity index (χ0n) is 7.77. The van der Waals surface area contributed by atoms with Crippen molar-refractivity contribution in [2.75, 3.05) is 33.7 Å². The summed E-state index contributed by atoms with van der Waals surface area (Å²) < 4.78 is 13.7. The molecule has 1 N–H and O–H groups in total. The number of hydrogen-bond donors (Lipinski definition) is 1. The Morgan fingerprint density at radius 1 is 1.33 bits per heavy atom. The van der Waals surface area contributed by atoms with E-state index >= 15 is 0 Å². The van der Waals surface area contributed by atoms with Gasteiger partial charge in [0.15, 0.2) is 0 Å². The maximum Gasteiger partial charge on any atom is 0.126 e. The third-order valence-electron chi connectivity index (χ3n) is 2.10. The molecule has 1 aliphatic rings. The van der Waals surface area contributed by atoms with Crippen molar-refractivity contribution >= 4 is 12.4 Å². The van der Waals surface area contributed by atoms with E-state index in [-0.39, 0.29) is 12.4 Å². The largest absolute Gasteiger partial charge is 0.316 e. The van der Waals surface area contributed by atoms with Gasteiger partial charge >= 0.3 is 0 Å². The summed E-state index contributed by atoms with van der Waals surface area (Å²) in [6.07, 6.45) is 1.32. The molecule has 0 bridgehead atoms. The summed E-state index contributed by atoms with van der Waals surface area (Å²) in [6.45, 7) is 2.21. The number of alkyl halides is 1. The molecule has 1 saturated heterocycles. The Bertz CT molecular complexity index is 124. The van der Waals surface area contributed by atoms with E-state index in [9.17, 15) is 4.39 Å². The molecule has 0 aromatic heterocycles. The molecule has 4 heteroatoms. The second-order valence-electron chi connectivity index (χ2n) is 3.64. The monoisotopic (exact) mass is 196 g/mol. The number of nitrogens with one attached hydrogen (secondary N) is 1. The molecule has 1 heterocycles. The summed E-state index contributed by atoms with van der Waals surface area (Å²) in [5, 5.41) is 3.15. The molecular weight excluding hydrogens is 179 g/mol. The molecule has 1 aliphatic heterocycles. The Labute approximate surface area is 79.9 Å². The molecule has 74 valence electrons. The lowest BCUT2D eigenvalue weighted by Gasteiger charge is -2.32. The van der Waals surface area contributed by atoms with Crippen LogP contribution in [0.2, 0.25) is 0 Å². The summed E-state index contributed by atoms with van der Waals surface area (Å²) in [4.78, 5) is 1.92. The number of halogens is 2. The lowest BCUT2D eigenvalue weighted by atomic mass is 9.94. The number of hydrogen-bond acceptors (Lipinski definition) is 2. The Kier molecular flexibility index (Phi) is 5.06. The average molecular weight is 197 g/mol. The first-order chi connectivity index (χ1) is 5.12. The van der Waals surface area contributed by atoms with E-state index in [0.29, 0.717) is 19.4 Å². The molecule has 1 fully saturated rings. The predicted molar refractivity (Wildman–Crippen MR) is 51.7 cm³/mol. The van der Waals surface area contributed by atoms with Crippen LogP contribution in [0.15, 0.2) is 0 Å². The van der Waals surface area contributed by atoms with Crippen molar-refractivity contribution in [2.45, 2.75) is 18.5 Å². The molecule has 0 saturated carbocycles. The maximum atomic E-state index is 13.7. The van der Waals surface area contributed by atoms with Gasteiger partial charge in [-0.25, -0.2) is 4.39 Å².